The van der Waals surface area contributed by atoms with Crippen LogP contribution in [0.4, 0.5) is 0 Å². The zero-order valence-corrected chi connectivity index (χ0v) is 8.05. The Hall–Kier alpha value is -1.30. The highest BCUT2D eigenvalue weighted by atomic mass is 32.2. The van der Waals surface area contributed by atoms with E-state index in [-0.39, 0.29) is 5.56 Å². The standard InChI is InChI=1S/C7H8N4OS/c1-4-8-7-9-5(13-2)3-6(12)11(7)10-4/h3H,1-2H3,(H,8,9,10). The quantitative estimate of drug-likeness (QED) is 0.531. The molecular weight excluding hydrogens is 188 g/mol. The van der Waals surface area contributed by atoms with Crippen molar-refractivity contribution in [1.29, 1.82) is 0 Å². The van der Waals surface area contributed by atoms with Crippen molar-refractivity contribution in [2.75, 3.05) is 6.26 Å². The maximum Gasteiger partial charge on any atom is 0.275 e. The molecule has 2 heterocycles. The van der Waals surface area contributed by atoms with Gasteiger partial charge in [0.25, 0.3) is 11.3 Å². The number of hydrogen-bond donors (Lipinski definition) is 1. The second kappa shape index (κ2) is 2.88. The van der Waals surface area contributed by atoms with Crippen molar-refractivity contribution in [3.8, 4) is 0 Å². The first-order chi connectivity index (χ1) is 6.20. The van der Waals surface area contributed by atoms with Crippen molar-refractivity contribution in [2.45, 2.75) is 11.9 Å². The minimum absolute atomic E-state index is 0.130. The van der Waals surface area contributed by atoms with E-state index in [0.717, 1.165) is 0 Å². The average Bonchev–Trinajstić information content (AvgIpc) is 2.46. The van der Waals surface area contributed by atoms with Crippen LogP contribution in [-0.4, -0.2) is 25.8 Å². The number of aromatic nitrogens is 4. The molecule has 5 nitrogen and oxygen atoms in total. The van der Waals surface area contributed by atoms with Crippen LogP contribution in [0.1, 0.15) is 5.82 Å². The molecular formula is C7H8N4OS. The fourth-order valence-electron chi connectivity index (χ4n) is 1.07. The zero-order valence-electron chi connectivity index (χ0n) is 7.24. The van der Waals surface area contributed by atoms with Crippen LogP contribution in [0, 0.1) is 6.92 Å². The Balaban J connectivity index is 2.83. The molecule has 2 rings (SSSR count). The van der Waals surface area contributed by atoms with Crippen LogP contribution in [0.3, 0.4) is 0 Å². The first kappa shape index (κ1) is 8.31. The molecule has 0 unspecified atom stereocenters. The summed E-state index contributed by atoms with van der Waals surface area (Å²) in [6.45, 7) is 1.78. The van der Waals surface area contributed by atoms with Crippen LogP contribution in [-0.2, 0) is 0 Å². The van der Waals surface area contributed by atoms with Gasteiger partial charge in [-0.2, -0.15) is 9.50 Å². The van der Waals surface area contributed by atoms with Gasteiger partial charge in [-0.25, -0.2) is 4.98 Å². The molecule has 0 amide bonds. The molecule has 0 radical (unpaired) electrons. The van der Waals surface area contributed by atoms with E-state index in [2.05, 4.69) is 15.1 Å². The van der Waals surface area contributed by atoms with E-state index < -0.39 is 0 Å². The van der Waals surface area contributed by atoms with E-state index in [1.54, 1.807) is 6.92 Å². The summed E-state index contributed by atoms with van der Waals surface area (Å²) in [7, 11) is 0. The predicted molar refractivity (Wildman–Crippen MR) is 50.1 cm³/mol. The van der Waals surface area contributed by atoms with Crippen molar-refractivity contribution in [1.82, 2.24) is 19.6 Å². The highest BCUT2D eigenvalue weighted by Gasteiger charge is 2.04. The zero-order chi connectivity index (χ0) is 9.42. The number of aromatic amines is 1. The van der Waals surface area contributed by atoms with Gasteiger partial charge in [0, 0.05) is 6.07 Å². The molecule has 68 valence electrons. The number of thioether (sulfide) groups is 1. The Bertz CT molecular complexity index is 501. The fourth-order valence-corrected chi connectivity index (χ4v) is 1.46. The summed E-state index contributed by atoms with van der Waals surface area (Å²) >= 11 is 1.43. The smallest absolute Gasteiger partial charge is 0.275 e. The summed E-state index contributed by atoms with van der Waals surface area (Å²) in [6, 6.07) is 1.48. The number of nitrogens with zero attached hydrogens (tertiary/aromatic N) is 3. The number of H-pyrrole nitrogens is 1. The van der Waals surface area contributed by atoms with E-state index in [1.807, 2.05) is 6.26 Å². The summed E-state index contributed by atoms with van der Waals surface area (Å²) < 4.78 is 1.33. The molecule has 0 spiro atoms. The number of aryl methyl sites for hydroxylation is 1. The second-order valence-corrected chi connectivity index (χ2v) is 3.41. The van der Waals surface area contributed by atoms with Crippen LogP contribution in [0.15, 0.2) is 15.9 Å². The Morgan fingerprint density at radius 3 is 3.00 bits per heavy atom. The summed E-state index contributed by atoms with van der Waals surface area (Å²) in [4.78, 5) is 19.6. The van der Waals surface area contributed by atoms with Crippen molar-refractivity contribution >= 4 is 17.5 Å². The van der Waals surface area contributed by atoms with Gasteiger partial charge < -0.3 is 0 Å². The molecule has 0 aliphatic rings. The van der Waals surface area contributed by atoms with Gasteiger partial charge in [-0.1, -0.05) is 0 Å². The first-order valence-corrected chi connectivity index (χ1v) is 4.93. The maximum absolute atomic E-state index is 11.4. The molecule has 2 aromatic rings. The van der Waals surface area contributed by atoms with Gasteiger partial charge in [0.2, 0.25) is 0 Å². The van der Waals surface area contributed by atoms with Crippen LogP contribution in [0.2, 0.25) is 0 Å². The molecule has 1 N–H and O–H groups in total. The van der Waals surface area contributed by atoms with Gasteiger partial charge in [-0.3, -0.25) is 9.89 Å². The average molecular weight is 196 g/mol. The molecule has 0 saturated heterocycles. The van der Waals surface area contributed by atoms with Crippen LogP contribution < -0.4 is 5.56 Å². The molecule has 13 heavy (non-hydrogen) atoms. The molecule has 0 saturated carbocycles. The van der Waals surface area contributed by atoms with Gasteiger partial charge >= 0.3 is 0 Å². The van der Waals surface area contributed by atoms with E-state index >= 15 is 0 Å². The van der Waals surface area contributed by atoms with E-state index in [4.69, 9.17) is 0 Å². The first-order valence-electron chi connectivity index (χ1n) is 3.71. The van der Waals surface area contributed by atoms with Gasteiger partial charge in [0.15, 0.2) is 0 Å². The number of nitrogens with one attached hydrogen (secondary N) is 1. The highest BCUT2D eigenvalue weighted by Crippen LogP contribution is 2.08. The highest BCUT2D eigenvalue weighted by molar-refractivity contribution is 7.98. The van der Waals surface area contributed by atoms with Gasteiger partial charge in [0.1, 0.15) is 10.9 Å². The number of rotatable bonds is 1. The van der Waals surface area contributed by atoms with Crippen LogP contribution >= 0.6 is 11.8 Å². The lowest BCUT2D eigenvalue weighted by Gasteiger charge is -1.93. The number of hydrogen-bond acceptors (Lipinski definition) is 4. The lowest BCUT2D eigenvalue weighted by Crippen LogP contribution is -2.14. The fraction of sp³-hybridized carbons (Fsp3) is 0.286. The van der Waals surface area contributed by atoms with E-state index in [1.165, 1.54) is 22.3 Å². The molecule has 2 aromatic heterocycles. The third-order valence-electron chi connectivity index (χ3n) is 1.63. The minimum atomic E-state index is -0.130. The lowest BCUT2D eigenvalue weighted by molar-refractivity contribution is 0.861. The topological polar surface area (TPSA) is 63.0 Å². The minimum Gasteiger partial charge on any atom is -0.275 e. The Labute approximate surface area is 78.2 Å². The van der Waals surface area contributed by atoms with E-state index in [0.29, 0.717) is 16.6 Å². The van der Waals surface area contributed by atoms with Gasteiger partial charge in [-0.05, 0) is 13.2 Å². The normalized spacial score (nSPS) is 10.9. The van der Waals surface area contributed by atoms with Gasteiger partial charge in [0.05, 0.1) is 0 Å². The monoisotopic (exact) mass is 196 g/mol. The molecule has 0 atom stereocenters. The second-order valence-electron chi connectivity index (χ2n) is 2.58. The molecule has 0 fully saturated rings. The Kier molecular flexibility index (Phi) is 1.84. The molecule has 0 bridgehead atoms. The van der Waals surface area contributed by atoms with Gasteiger partial charge in [-0.15, -0.1) is 11.8 Å². The van der Waals surface area contributed by atoms with Crippen molar-refractivity contribution in [3.05, 3.63) is 22.2 Å². The van der Waals surface area contributed by atoms with Crippen LogP contribution in [0.25, 0.3) is 5.78 Å². The van der Waals surface area contributed by atoms with Crippen molar-refractivity contribution < 1.29 is 0 Å². The SMILES string of the molecule is CSc1cc(=O)n2[nH]c(C)nc2n1. The third-order valence-corrected chi connectivity index (χ3v) is 2.26. The van der Waals surface area contributed by atoms with Crippen LogP contribution in [0.5, 0.6) is 0 Å². The molecule has 0 aliphatic heterocycles. The summed E-state index contributed by atoms with van der Waals surface area (Å²) in [5.74, 6) is 1.11. The van der Waals surface area contributed by atoms with Crippen molar-refractivity contribution in [2.24, 2.45) is 0 Å². The Morgan fingerprint density at radius 2 is 2.31 bits per heavy atom. The van der Waals surface area contributed by atoms with Crippen molar-refractivity contribution in [3.63, 3.8) is 0 Å². The summed E-state index contributed by atoms with van der Waals surface area (Å²) in [6.07, 6.45) is 1.87. The Morgan fingerprint density at radius 1 is 1.54 bits per heavy atom. The van der Waals surface area contributed by atoms with E-state index in [9.17, 15) is 4.79 Å². The summed E-state index contributed by atoms with van der Waals surface area (Å²) in [5, 5.41) is 3.49. The maximum atomic E-state index is 11.4. The third kappa shape index (κ3) is 1.33. The predicted octanol–water partition coefficient (Wildman–Crippen LogP) is 0.448. The molecule has 0 aromatic carbocycles. The molecule has 6 heteroatoms. The largest absolute Gasteiger partial charge is 0.275 e. The number of fused-ring (bicyclic) bond motifs is 1. The summed E-state index contributed by atoms with van der Waals surface area (Å²) in [5.41, 5.74) is -0.130. The molecule has 0 aliphatic carbocycles. The lowest BCUT2D eigenvalue weighted by atomic mass is 10.6.